The van der Waals surface area contributed by atoms with Crippen molar-refractivity contribution in [1.82, 2.24) is 10.6 Å². The summed E-state index contributed by atoms with van der Waals surface area (Å²) in [5.41, 5.74) is 20.7. The Bertz CT molecular complexity index is 139. The number of hydrogen-bond acceptors (Lipinski definition) is 10. The summed E-state index contributed by atoms with van der Waals surface area (Å²) in [4.78, 5) is 0. The summed E-state index contributed by atoms with van der Waals surface area (Å²) < 4.78 is 0. The predicted octanol–water partition coefficient (Wildman–Crippen LogP) is -5.41. The average molecular weight is 427 g/mol. The van der Waals surface area contributed by atoms with Crippen molar-refractivity contribution in [3.8, 4) is 0 Å². The van der Waals surface area contributed by atoms with Crippen LogP contribution in [-0.4, -0.2) is 85.4 Å². The molecule has 0 unspecified atom stereocenters. The van der Waals surface area contributed by atoms with E-state index in [1.807, 2.05) is 0 Å². The van der Waals surface area contributed by atoms with Crippen molar-refractivity contribution in [3.63, 3.8) is 0 Å². The molecule has 0 fully saturated rings. The summed E-state index contributed by atoms with van der Waals surface area (Å²) in [6.45, 7) is 6.27. The Morgan fingerprint density at radius 3 is 0.818 bits per heavy atom. The van der Waals surface area contributed by atoms with E-state index in [1.54, 1.807) is 0 Å². The summed E-state index contributed by atoms with van der Waals surface area (Å²) in [7, 11) is 0. The maximum atomic E-state index is 7.69. The molecule has 0 saturated carbocycles. The van der Waals surface area contributed by atoms with Crippen molar-refractivity contribution in [2.45, 2.75) is 12.6 Å². The number of rotatable bonds is 9. The van der Waals surface area contributed by atoms with E-state index in [0.29, 0.717) is 26.2 Å². The molecule has 0 aromatic rings. The van der Waals surface area contributed by atoms with Gasteiger partial charge in [0, 0.05) is 52.4 Å². The standard InChI is InChI=1S/2C4H13N3.C2H6O4.2Cu/c2*5-1-3-7-4-2-6;3-1(4)2(5)6;;/h2*7H,1-6H2;1-6H;;/q;;;2*+1. The fourth-order valence-electron chi connectivity index (χ4n) is 0.658. The van der Waals surface area contributed by atoms with Crippen LogP contribution in [0.5, 0.6) is 0 Å². The van der Waals surface area contributed by atoms with Crippen LogP contribution in [-0.2, 0) is 34.1 Å². The molecule has 0 rings (SSSR count). The molecule has 146 valence electrons. The minimum absolute atomic E-state index is 0. The molecular formula is C10H32Cu2N6O4+2. The Labute approximate surface area is 153 Å². The maximum Gasteiger partial charge on any atom is 1.00 e. The van der Waals surface area contributed by atoms with Crippen molar-refractivity contribution < 1.29 is 54.6 Å². The molecular weight excluding hydrogens is 395 g/mol. The van der Waals surface area contributed by atoms with Gasteiger partial charge in [0.1, 0.15) is 0 Å². The van der Waals surface area contributed by atoms with Gasteiger partial charge in [-0.05, 0) is 0 Å². The fraction of sp³-hybridized carbons (Fsp3) is 1.00. The molecule has 0 aromatic carbocycles. The third-order valence-corrected chi connectivity index (χ3v) is 1.55. The van der Waals surface area contributed by atoms with Crippen molar-refractivity contribution >= 4 is 0 Å². The number of aliphatic hydroxyl groups excluding tert-OH is 2. The topological polar surface area (TPSA) is 209 Å². The van der Waals surface area contributed by atoms with Gasteiger partial charge in [0.2, 0.25) is 12.6 Å². The van der Waals surface area contributed by atoms with E-state index >= 15 is 0 Å². The average Bonchev–Trinajstić information content (AvgIpc) is 2.41. The maximum absolute atomic E-state index is 7.69. The zero-order chi connectivity index (χ0) is 16.2. The summed E-state index contributed by atoms with van der Waals surface area (Å²) in [6, 6.07) is 0. The van der Waals surface area contributed by atoms with Crippen LogP contribution in [0.15, 0.2) is 0 Å². The van der Waals surface area contributed by atoms with E-state index in [-0.39, 0.29) is 34.1 Å². The van der Waals surface area contributed by atoms with Crippen LogP contribution >= 0.6 is 0 Å². The molecule has 14 N–H and O–H groups in total. The quantitative estimate of drug-likeness (QED) is 0.0959. The van der Waals surface area contributed by atoms with Crippen molar-refractivity contribution in [2.75, 3.05) is 52.4 Å². The molecule has 0 aliphatic rings. The second-order valence-corrected chi connectivity index (χ2v) is 3.48. The zero-order valence-electron chi connectivity index (χ0n) is 12.5. The first-order valence-corrected chi connectivity index (χ1v) is 6.41. The van der Waals surface area contributed by atoms with Gasteiger partial charge in [0.25, 0.3) is 0 Å². The number of nitrogens with one attached hydrogen (secondary N) is 2. The van der Waals surface area contributed by atoms with Crippen molar-refractivity contribution in [3.05, 3.63) is 0 Å². The molecule has 0 aliphatic heterocycles. The van der Waals surface area contributed by atoms with Gasteiger partial charge in [-0.3, -0.25) is 0 Å². The van der Waals surface area contributed by atoms with Gasteiger partial charge in [-0.15, -0.1) is 0 Å². The fourth-order valence-corrected chi connectivity index (χ4v) is 0.658. The van der Waals surface area contributed by atoms with Crippen LogP contribution in [0.2, 0.25) is 0 Å². The first-order chi connectivity index (χ1) is 9.47. The zero-order valence-corrected chi connectivity index (χ0v) is 14.4. The van der Waals surface area contributed by atoms with Crippen molar-refractivity contribution in [1.29, 1.82) is 0 Å². The van der Waals surface area contributed by atoms with Gasteiger partial charge in [-0.1, -0.05) is 0 Å². The molecule has 0 saturated heterocycles. The SMILES string of the molecule is NCCNCCN.NCCNCCN.OC(O)C(O)O.[Cu+].[Cu+]. The van der Waals surface area contributed by atoms with Crippen LogP contribution in [0.4, 0.5) is 0 Å². The Balaban J connectivity index is -0.0000000630. The Morgan fingerprint density at radius 1 is 0.545 bits per heavy atom. The second kappa shape index (κ2) is 33.3. The molecule has 0 aliphatic carbocycles. The molecule has 0 heterocycles. The molecule has 0 amide bonds. The van der Waals surface area contributed by atoms with Crippen LogP contribution in [0, 0.1) is 0 Å². The summed E-state index contributed by atoms with van der Waals surface area (Å²) in [6.07, 6.45) is -4.07. The first kappa shape index (κ1) is 34.1. The largest absolute Gasteiger partial charge is 1.00 e. The Morgan fingerprint density at radius 2 is 0.727 bits per heavy atom. The normalized spacial score (nSPS) is 9.00. The molecule has 22 heavy (non-hydrogen) atoms. The minimum atomic E-state index is -2.04. The van der Waals surface area contributed by atoms with E-state index in [4.69, 9.17) is 43.4 Å². The Hall–Kier alpha value is 0.639. The van der Waals surface area contributed by atoms with E-state index in [9.17, 15) is 0 Å². The van der Waals surface area contributed by atoms with Gasteiger partial charge in [0.15, 0.2) is 0 Å². The monoisotopic (exact) mass is 426 g/mol. The van der Waals surface area contributed by atoms with E-state index < -0.39 is 12.6 Å². The predicted molar refractivity (Wildman–Crippen MR) is 78.4 cm³/mol. The number of aliphatic hydroxyl groups is 4. The number of hydrogen-bond donors (Lipinski definition) is 10. The van der Waals surface area contributed by atoms with Gasteiger partial charge >= 0.3 is 34.1 Å². The van der Waals surface area contributed by atoms with Gasteiger partial charge in [-0.25, -0.2) is 0 Å². The first-order valence-electron chi connectivity index (χ1n) is 6.41. The van der Waals surface area contributed by atoms with E-state index in [0.717, 1.165) is 26.2 Å². The third kappa shape index (κ3) is 49.8. The molecule has 0 atom stereocenters. The second-order valence-electron chi connectivity index (χ2n) is 3.48. The smallest absolute Gasteiger partial charge is 0.364 e. The minimum Gasteiger partial charge on any atom is -0.364 e. The molecule has 0 radical (unpaired) electrons. The van der Waals surface area contributed by atoms with Crippen LogP contribution in [0.1, 0.15) is 0 Å². The van der Waals surface area contributed by atoms with E-state index in [1.165, 1.54) is 0 Å². The number of nitrogens with two attached hydrogens (primary N) is 4. The third-order valence-electron chi connectivity index (χ3n) is 1.55. The summed E-state index contributed by atoms with van der Waals surface area (Å²) >= 11 is 0. The van der Waals surface area contributed by atoms with Crippen molar-refractivity contribution in [2.24, 2.45) is 22.9 Å². The van der Waals surface area contributed by atoms with Gasteiger partial charge in [-0.2, -0.15) is 0 Å². The van der Waals surface area contributed by atoms with Gasteiger partial charge < -0.3 is 54.0 Å². The Kier molecular flexibility index (Phi) is 51.6. The van der Waals surface area contributed by atoms with Crippen LogP contribution in [0.25, 0.3) is 0 Å². The van der Waals surface area contributed by atoms with Crippen LogP contribution in [0.3, 0.4) is 0 Å². The molecule has 12 heteroatoms. The van der Waals surface area contributed by atoms with Gasteiger partial charge in [0.05, 0.1) is 0 Å². The molecule has 10 nitrogen and oxygen atoms in total. The molecule has 0 bridgehead atoms. The molecule has 0 aromatic heterocycles. The van der Waals surface area contributed by atoms with E-state index in [2.05, 4.69) is 10.6 Å². The summed E-state index contributed by atoms with van der Waals surface area (Å²) in [5.74, 6) is 0. The summed E-state index contributed by atoms with van der Waals surface area (Å²) in [5, 5.41) is 36.8. The molecule has 0 spiro atoms. The van der Waals surface area contributed by atoms with Crippen LogP contribution < -0.4 is 33.6 Å².